The first-order chi connectivity index (χ1) is 9.81. The van der Waals surface area contributed by atoms with Crippen LogP contribution in [-0.4, -0.2) is 24.8 Å². The molecule has 1 heterocycles. The molecule has 2 N–H and O–H groups in total. The number of carbonyl (C=O) groups excluding carboxylic acids is 1. The molecule has 1 aliphatic rings. The van der Waals surface area contributed by atoms with E-state index in [1.54, 1.807) is 6.92 Å². The molecule has 2 amide bonds. The Labute approximate surface area is 120 Å². The number of halogens is 3. The monoisotopic (exact) mass is 302 g/mol. The van der Waals surface area contributed by atoms with Crippen molar-refractivity contribution in [3.05, 3.63) is 35.1 Å². The van der Waals surface area contributed by atoms with Gasteiger partial charge in [-0.3, -0.25) is 0 Å². The average molecular weight is 302 g/mol. The van der Waals surface area contributed by atoms with E-state index in [0.29, 0.717) is 19.6 Å². The second-order valence-electron chi connectivity index (χ2n) is 5.48. The van der Waals surface area contributed by atoms with E-state index in [9.17, 15) is 18.0 Å². The summed E-state index contributed by atoms with van der Waals surface area (Å²) in [7, 11) is 0. The smallest absolute Gasteiger partial charge is 0.315 e. The number of hydrogen-bond acceptors (Lipinski definition) is 2. The van der Waals surface area contributed by atoms with E-state index in [1.165, 1.54) is 0 Å². The van der Waals surface area contributed by atoms with E-state index in [1.807, 2.05) is 6.92 Å². The highest BCUT2D eigenvalue weighted by molar-refractivity contribution is 5.75. The second kappa shape index (κ2) is 5.93. The molecule has 1 aliphatic heterocycles. The highest BCUT2D eigenvalue weighted by atomic mass is 19.2. The number of hydrogen-bond donors (Lipinski definition) is 2. The lowest BCUT2D eigenvalue weighted by molar-refractivity contribution is 0.170. The summed E-state index contributed by atoms with van der Waals surface area (Å²) in [5.41, 5.74) is -0.308. The molecule has 116 valence electrons. The van der Waals surface area contributed by atoms with Crippen molar-refractivity contribution < 1.29 is 22.7 Å². The third kappa shape index (κ3) is 3.66. The van der Waals surface area contributed by atoms with Crippen LogP contribution in [0.4, 0.5) is 18.0 Å². The number of rotatable bonds is 3. The largest absolute Gasteiger partial charge is 0.379 e. The lowest BCUT2D eigenvalue weighted by Gasteiger charge is -2.25. The molecule has 1 aromatic carbocycles. The van der Waals surface area contributed by atoms with Gasteiger partial charge in [-0.1, -0.05) is 0 Å². The predicted octanol–water partition coefficient (Wildman–Crippen LogP) is 2.64. The van der Waals surface area contributed by atoms with Crippen LogP contribution in [0.1, 0.15) is 31.9 Å². The van der Waals surface area contributed by atoms with Crippen molar-refractivity contribution >= 4 is 6.03 Å². The summed E-state index contributed by atoms with van der Waals surface area (Å²) < 4.78 is 44.4. The summed E-state index contributed by atoms with van der Waals surface area (Å²) in [6, 6.07) is 0.592. The van der Waals surface area contributed by atoms with Gasteiger partial charge in [0.2, 0.25) is 0 Å². The Kier molecular flexibility index (Phi) is 4.41. The molecule has 2 atom stereocenters. The summed E-state index contributed by atoms with van der Waals surface area (Å²) in [6.45, 7) is 4.38. The van der Waals surface area contributed by atoms with Gasteiger partial charge in [0, 0.05) is 6.61 Å². The van der Waals surface area contributed by atoms with Crippen molar-refractivity contribution in [1.29, 1.82) is 0 Å². The molecular formula is C14H17F3N2O2. The molecule has 0 saturated carbocycles. The van der Waals surface area contributed by atoms with Gasteiger partial charge in [0.05, 0.1) is 18.2 Å². The second-order valence-corrected chi connectivity index (χ2v) is 5.48. The van der Waals surface area contributed by atoms with Crippen molar-refractivity contribution in [2.45, 2.75) is 31.8 Å². The van der Waals surface area contributed by atoms with Gasteiger partial charge in [-0.15, -0.1) is 0 Å². The summed E-state index contributed by atoms with van der Waals surface area (Å²) in [6.07, 6.45) is 0.689. The fraction of sp³-hybridized carbons (Fsp3) is 0.500. The quantitative estimate of drug-likeness (QED) is 0.843. The van der Waals surface area contributed by atoms with E-state index in [4.69, 9.17) is 4.74 Å². The zero-order valence-corrected chi connectivity index (χ0v) is 11.8. The number of carbonyl (C=O) groups is 1. The van der Waals surface area contributed by atoms with Gasteiger partial charge in [-0.25, -0.2) is 18.0 Å². The molecule has 0 aromatic heterocycles. The van der Waals surface area contributed by atoms with Gasteiger partial charge in [-0.2, -0.15) is 0 Å². The van der Waals surface area contributed by atoms with Gasteiger partial charge in [0.25, 0.3) is 0 Å². The maximum atomic E-state index is 13.2. The number of ether oxygens (including phenoxy) is 1. The van der Waals surface area contributed by atoms with Crippen molar-refractivity contribution in [1.82, 2.24) is 10.6 Å². The molecule has 7 heteroatoms. The summed E-state index contributed by atoms with van der Waals surface area (Å²) >= 11 is 0. The lowest BCUT2D eigenvalue weighted by Crippen LogP contribution is -2.51. The summed E-state index contributed by atoms with van der Waals surface area (Å²) in [5.74, 6) is -4.09. The first kappa shape index (κ1) is 15.6. The Balaban J connectivity index is 2.00. The molecule has 1 aromatic rings. The normalized spacial score (nSPS) is 22.9. The van der Waals surface area contributed by atoms with Crippen molar-refractivity contribution in [3.8, 4) is 0 Å². The molecule has 1 saturated heterocycles. The number of urea groups is 1. The maximum Gasteiger partial charge on any atom is 0.315 e. The van der Waals surface area contributed by atoms with E-state index in [-0.39, 0.29) is 5.56 Å². The third-order valence-corrected chi connectivity index (χ3v) is 3.49. The van der Waals surface area contributed by atoms with Crippen LogP contribution < -0.4 is 10.6 Å². The van der Waals surface area contributed by atoms with Gasteiger partial charge in [0.1, 0.15) is 0 Å². The van der Waals surface area contributed by atoms with Crippen LogP contribution in [0.2, 0.25) is 0 Å². The van der Waals surface area contributed by atoms with Gasteiger partial charge in [0.15, 0.2) is 17.5 Å². The topological polar surface area (TPSA) is 50.4 Å². The number of nitrogens with one attached hydrogen (secondary N) is 2. The molecule has 0 radical (unpaired) electrons. The molecular weight excluding hydrogens is 285 g/mol. The van der Waals surface area contributed by atoms with Crippen LogP contribution in [0.3, 0.4) is 0 Å². The predicted molar refractivity (Wildman–Crippen MR) is 70.2 cm³/mol. The molecule has 0 aliphatic carbocycles. The minimum atomic E-state index is -1.52. The van der Waals surface area contributed by atoms with E-state index >= 15 is 0 Å². The molecule has 4 nitrogen and oxygen atoms in total. The Morgan fingerprint density at radius 1 is 1.33 bits per heavy atom. The Morgan fingerprint density at radius 2 is 1.95 bits per heavy atom. The van der Waals surface area contributed by atoms with Crippen LogP contribution in [-0.2, 0) is 4.74 Å². The first-order valence-electron chi connectivity index (χ1n) is 6.61. The highest BCUT2D eigenvalue weighted by Gasteiger charge is 2.31. The van der Waals surface area contributed by atoms with Crippen LogP contribution in [0, 0.1) is 17.5 Å². The molecule has 21 heavy (non-hydrogen) atoms. The molecule has 1 fully saturated rings. The average Bonchev–Trinajstić information content (AvgIpc) is 2.81. The van der Waals surface area contributed by atoms with Crippen molar-refractivity contribution in [2.24, 2.45) is 0 Å². The highest BCUT2D eigenvalue weighted by Crippen LogP contribution is 2.20. The Hall–Kier alpha value is -1.76. The Morgan fingerprint density at radius 3 is 2.48 bits per heavy atom. The SMILES string of the molecule is C[C@H](NC(=O)N[C@@]1(C)CCOC1)c1cc(F)c(F)c(F)c1. The fourth-order valence-electron chi connectivity index (χ4n) is 2.18. The minimum absolute atomic E-state index is 0.148. The molecule has 0 bridgehead atoms. The fourth-order valence-corrected chi connectivity index (χ4v) is 2.18. The third-order valence-electron chi connectivity index (χ3n) is 3.49. The summed E-state index contributed by atoms with van der Waals surface area (Å²) in [5, 5.41) is 5.32. The van der Waals surface area contributed by atoms with Crippen LogP contribution in [0.15, 0.2) is 12.1 Å². The lowest BCUT2D eigenvalue weighted by atomic mass is 10.0. The summed E-state index contributed by atoms with van der Waals surface area (Å²) in [4.78, 5) is 11.9. The standard InChI is InChI=1S/C14H17F3N2O2/c1-8(9-5-10(15)12(17)11(16)6-9)18-13(20)19-14(2)3-4-21-7-14/h5-6,8H,3-4,7H2,1-2H3,(H2,18,19,20)/t8-,14-/m0/s1. The van der Waals surface area contributed by atoms with Gasteiger partial charge in [-0.05, 0) is 38.0 Å². The number of amides is 2. The van der Waals surface area contributed by atoms with E-state index in [2.05, 4.69) is 10.6 Å². The van der Waals surface area contributed by atoms with Crippen LogP contribution in [0.5, 0.6) is 0 Å². The van der Waals surface area contributed by atoms with E-state index in [0.717, 1.165) is 12.1 Å². The van der Waals surface area contributed by atoms with Crippen molar-refractivity contribution in [3.63, 3.8) is 0 Å². The molecule has 2 rings (SSSR count). The minimum Gasteiger partial charge on any atom is -0.379 e. The molecule has 0 spiro atoms. The molecule has 0 unspecified atom stereocenters. The van der Waals surface area contributed by atoms with Crippen LogP contribution >= 0.6 is 0 Å². The van der Waals surface area contributed by atoms with Gasteiger partial charge >= 0.3 is 6.03 Å². The number of benzene rings is 1. The zero-order valence-electron chi connectivity index (χ0n) is 11.8. The zero-order chi connectivity index (χ0) is 15.6. The van der Waals surface area contributed by atoms with Crippen LogP contribution in [0.25, 0.3) is 0 Å². The van der Waals surface area contributed by atoms with Gasteiger partial charge < -0.3 is 15.4 Å². The Bertz CT molecular complexity index is 522. The van der Waals surface area contributed by atoms with E-state index < -0.39 is 35.1 Å². The first-order valence-corrected chi connectivity index (χ1v) is 6.61. The van der Waals surface area contributed by atoms with Crippen molar-refractivity contribution in [2.75, 3.05) is 13.2 Å². The maximum absolute atomic E-state index is 13.2.